The maximum absolute atomic E-state index is 11.6. The molecule has 2 rings (SSSR count). The second-order valence-electron chi connectivity index (χ2n) is 6.23. The first-order chi connectivity index (χ1) is 8.90. The number of benzene rings is 1. The Kier molecular flexibility index (Phi) is 3.95. The van der Waals surface area contributed by atoms with E-state index in [0.29, 0.717) is 6.54 Å². The fourth-order valence-electron chi connectivity index (χ4n) is 2.56. The number of fused-ring (bicyclic) bond motifs is 1. The van der Waals surface area contributed by atoms with Crippen molar-refractivity contribution >= 4 is 5.91 Å². The Bertz CT molecular complexity index is 478. The maximum Gasteiger partial charge on any atom is 0.236 e. The predicted octanol–water partition coefficient (Wildman–Crippen LogP) is 1.92. The lowest BCUT2D eigenvalue weighted by molar-refractivity contribution is -0.122. The minimum Gasteiger partial charge on any atom is -0.354 e. The minimum atomic E-state index is -0.448. The molecule has 0 saturated carbocycles. The summed E-state index contributed by atoms with van der Waals surface area (Å²) < 4.78 is 0. The molecule has 0 fully saturated rings. The van der Waals surface area contributed by atoms with Crippen molar-refractivity contribution < 1.29 is 4.79 Å². The van der Waals surface area contributed by atoms with Gasteiger partial charge in [-0.3, -0.25) is 4.79 Å². The van der Waals surface area contributed by atoms with Crippen molar-refractivity contribution in [3.8, 4) is 0 Å². The molecule has 3 N–H and O–H groups in total. The first-order valence-electron chi connectivity index (χ1n) is 7.06. The molecule has 3 nitrogen and oxygen atoms in total. The van der Waals surface area contributed by atoms with E-state index in [0.717, 1.165) is 0 Å². The Labute approximate surface area is 115 Å². The van der Waals surface area contributed by atoms with Crippen LogP contribution in [0.3, 0.4) is 0 Å². The molecule has 0 spiro atoms. The van der Waals surface area contributed by atoms with Crippen molar-refractivity contribution in [3.05, 3.63) is 34.9 Å². The van der Waals surface area contributed by atoms with E-state index in [9.17, 15) is 4.79 Å². The van der Waals surface area contributed by atoms with Gasteiger partial charge in [-0.15, -0.1) is 0 Å². The highest BCUT2D eigenvalue weighted by Gasteiger charge is 2.23. The van der Waals surface area contributed by atoms with Gasteiger partial charge in [0.05, 0.1) is 6.04 Å². The van der Waals surface area contributed by atoms with Gasteiger partial charge < -0.3 is 11.1 Å². The number of nitrogens with two attached hydrogens (primary N) is 1. The lowest BCUT2D eigenvalue weighted by atomic mass is 9.83. The van der Waals surface area contributed by atoms with E-state index in [1.165, 1.54) is 36.0 Å². The van der Waals surface area contributed by atoms with Gasteiger partial charge in [0.15, 0.2) is 0 Å². The number of nitrogens with one attached hydrogen (secondary N) is 1. The lowest BCUT2D eigenvalue weighted by Gasteiger charge is -2.27. The van der Waals surface area contributed by atoms with Gasteiger partial charge in [0.25, 0.3) is 0 Å². The molecule has 1 aromatic carbocycles. The Hall–Kier alpha value is -1.35. The van der Waals surface area contributed by atoms with E-state index in [-0.39, 0.29) is 11.3 Å². The molecule has 104 valence electrons. The minimum absolute atomic E-state index is 0.0673. The average Bonchev–Trinajstić information content (AvgIpc) is 2.82. The summed E-state index contributed by atoms with van der Waals surface area (Å²) in [4.78, 5) is 11.6. The number of rotatable bonds is 4. The van der Waals surface area contributed by atoms with Gasteiger partial charge in [-0.2, -0.15) is 0 Å². The second kappa shape index (κ2) is 5.33. The molecular formula is C16H24N2O. The smallest absolute Gasteiger partial charge is 0.236 e. The fraction of sp³-hybridized carbons (Fsp3) is 0.562. The number of carbonyl (C=O) groups excluding carboxylic acids is 1. The highest BCUT2D eigenvalue weighted by atomic mass is 16.2. The number of hydrogen-bond acceptors (Lipinski definition) is 2. The molecule has 0 saturated heterocycles. The number of carbonyl (C=O) groups is 1. The lowest BCUT2D eigenvalue weighted by Crippen LogP contribution is -2.43. The van der Waals surface area contributed by atoms with Crippen molar-refractivity contribution in [1.82, 2.24) is 5.32 Å². The topological polar surface area (TPSA) is 55.1 Å². The summed E-state index contributed by atoms with van der Waals surface area (Å²) in [7, 11) is 0. The molecule has 1 aromatic rings. The monoisotopic (exact) mass is 260 g/mol. The van der Waals surface area contributed by atoms with Gasteiger partial charge in [0.1, 0.15) is 0 Å². The standard InChI is InChI=1S/C16H24N2O/c1-11(17)15(19)18-10-16(2,3)14-8-7-12-5-4-6-13(12)9-14/h7-9,11H,4-6,10,17H2,1-3H3,(H,18,19). The summed E-state index contributed by atoms with van der Waals surface area (Å²) >= 11 is 0. The van der Waals surface area contributed by atoms with Crippen LogP contribution in [0.1, 0.15) is 43.9 Å². The first-order valence-corrected chi connectivity index (χ1v) is 7.06. The summed E-state index contributed by atoms with van der Waals surface area (Å²) in [5.41, 5.74) is 9.75. The molecular weight excluding hydrogens is 236 g/mol. The zero-order valence-corrected chi connectivity index (χ0v) is 12.1. The first kappa shape index (κ1) is 14.1. The summed E-state index contributed by atoms with van der Waals surface area (Å²) in [5.74, 6) is -0.0887. The third kappa shape index (κ3) is 3.16. The van der Waals surface area contributed by atoms with Crippen LogP contribution in [0.5, 0.6) is 0 Å². The van der Waals surface area contributed by atoms with Gasteiger partial charge in [0, 0.05) is 12.0 Å². The van der Waals surface area contributed by atoms with Crippen molar-refractivity contribution in [1.29, 1.82) is 0 Å². The number of aryl methyl sites for hydroxylation is 2. The number of amides is 1. The van der Waals surface area contributed by atoms with Gasteiger partial charge >= 0.3 is 0 Å². The van der Waals surface area contributed by atoms with E-state index in [1.54, 1.807) is 6.92 Å². The van der Waals surface area contributed by atoms with E-state index in [4.69, 9.17) is 5.73 Å². The normalized spacial score (nSPS) is 16.0. The van der Waals surface area contributed by atoms with Crippen LogP contribution in [0, 0.1) is 0 Å². The third-order valence-corrected chi connectivity index (χ3v) is 4.00. The molecule has 1 unspecified atom stereocenters. The molecule has 0 aliphatic heterocycles. The van der Waals surface area contributed by atoms with Crippen molar-refractivity contribution in [3.63, 3.8) is 0 Å². The zero-order chi connectivity index (χ0) is 14.0. The Morgan fingerprint density at radius 3 is 2.74 bits per heavy atom. The molecule has 1 aliphatic carbocycles. The predicted molar refractivity (Wildman–Crippen MR) is 78.2 cm³/mol. The van der Waals surface area contributed by atoms with Gasteiger partial charge in [-0.05, 0) is 42.9 Å². The molecule has 0 aromatic heterocycles. The Morgan fingerprint density at radius 1 is 1.37 bits per heavy atom. The summed E-state index contributed by atoms with van der Waals surface area (Å²) in [6.45, 7) is 6.64. The summed E-state index contributed by atoms with van der Waals surface area (Å²) in [6.07, 6.45) is 3.66. The molecule has 1 atom stereocenters. The van der Waals surface area contributed by atoms with Crippen LogP contribution in [-0.4, -0.2) is 18.5 Å². The van der Waals surface area contributed by atoms with Crippen LogP contribution in [0.25, 0.3) is 0 Å². The highest BCUT2D eigenvalue weighted by Crippen LogP contribution is 2.29. The van der Waals surface area contributed by atoms with Gasteiger partial charge in [-0.25, -0.2) is 0 Å². The fourth-order valence-corrected chi connectivity index (χ4v) is 2.56. The summed E-state index contributed by atoms with van der Waals surface area (Å²) in [5, 5.41) is 2.92. The molecule has 0 heterocycles. The van der Waals surface area contributed by atoms with Crippen LogP contribution in [-0.2, 0) is 23.1 Å². The Balaban J connectivity index is 2.08. The van der Waals surface area contributed by atoms with E-state index in [1.807, 2.05) is 0 Å². The maximum atomic E-state index is 11.6. The molecule has 0 bridgehead atoms. The second-order valence-corrected chi connectivity index (χ2v) is 6.23. The largest absolute Gasteiger partial charge is 0.354 e. The average molecular weight is 260 g/mol. The molecule has 1 amide bonds. The highest BCUT2D eigenvalue weighted by molar-refractivity contribution is 5.81. The van der Waals surface area contributed by atoms with Gasteiger partial charge in [-0.1, -0.05) is 32.0 Å². The molecule has 3 heteroatoms. The van der Waals surface area contributed by atoms with E-state index >= 15 is 0 Å². The zero-order valence-electron chi connectivity index (χ0n) is 12.1. The molecule has 1 aliphatic rings. The third-order valence-electron chi connectivity index (χ3n) is 4.00. The van der Waals surface area contributed by atoms with E-state index < -0.39 is 6.04 Å². The van der Waals surface area contributed by atoms with Crippen LogP contribution in [0.4, 0.5) is 0 Å². The van der Waals surface area contributed by atoms with Gasteiger partial charge in [0.2, 0.25) is 5.91 Å². The van der Waals surface area contributed by atoms with Crippen LogP contribution in [0.15, 0.2) is 18.2 Å². The Morgan fingerprint density at radius 2 is 2.05 bits per heavy atom. The SMILES string of the molecule is CC(N)C(=O)NCC(C)(C)c1ccc2c(c1)CCC2. The summed E-state index contributed by atoms with van der Waals surface area (Å²) in [6, 6.07) is 6.30. The van der Waals surface area contributed by atoms with Crippen LogP contribution < -0.4 is 11.1 Å². The van der Waals surface area contributed by atoms with Crippen molar-refractivity contribution in [2.45, 2.75) is 51.5 Å². The molecule has 0 radical (unpaired) electrons. The molecule has 19 heavy (non-hydrogen) atoms. The quantitative estimate of drug-likeness (QED) is 0.869. The van der Waals surface area contributed by atoms with Crippen LogP contribution >= 0.6 is 0 Å². The van der Waals surface area contributed by atoms with Crippen molar-refractivity contribution in [2.75, 3.05) is 6.54 Å². The van der Waals surface area contributed by atoms with Crippen molar-refractivity contribution in [2.24, 2.45) is 5.73 Å². The van der Waals surface area contributed by atoms with Crippen LogP contribution in [0.2, 0.25) is 0 Å². The van der Waals surface area contributed by atoms with E-state index in [2.05, 4.69) is 37.4 Å². The number of hydrogen-bond donors (Lipinski definition) is 2.